The van der Waals surface area contributed by atoms with E-state index in [-0.39, 0.29) is 12.0 Å². The number of ether oxygens (including phenoxy) is 2. The van der Waals surface area contributed by atoms with Gasteiger partial charge in [-0.05, 0) is 54.2 Å². The minimum atomic E-state index is -0.301. The Morgan fingerprint density at radius 1 is 1.00 bits per heavy atom. The lowest BCUT2D eigenvalue weighted by atomic mass is 9.81. The minimum absolute atomic E-state index is 0.101. The van der Waals surface area contributed by atoms with Gasteiger partial charge < -0.3 is 19.4 Å². The predicted molar refractivity (Wildman–Crippen MR) is 147 cm³/mol. The van der Waals surface area contributed by atoms with E-state index in [0.717, 1.165) is 29.9 Å². The smallest absolute Gasteiger partial charge is 0.337 e. The van der Waals surface area contributed by atoms with Gasteiger partial charge in [0, 0.05) is 29.6 Å². The lowest BCUT2D eigenvalue weighted by molar-refractivity contribution is 0.0601. The van der Waals surface area contributed by atoms with Gasteiger partial charge in [0.05, 0.1) is 24.4 Å². The van der Waals surface area contributed by atoms with E-state index in [9.17, 15) is 4.79 Å². The third-order valence-corrected chi connectivity index (χ3v) is 7.96. The van der Waals surface area contributed by atoms with Gasteiger partial charge in [0.1, 0.15) is 12.4 Å². The number of para-hydroxylation sites is 1. The summed E-state index contributed by atoms with van der Waals surface area (Å²) >= 11 is 0. The Hall–Kier alpha value is -3.57. The molecule has 0 bridgehead atoms. The molecule has 2 heterocycles. The van der Waals surface area contributed by atoms with Gasteiger partial charge in [0.25, 0.3) is 0 Å². The molecule has 1 saturated carbocycles. The summed E-state index contributed by atoms with van der Waals surface area (Å²) in [5, 5.41) is 4.99. The number of methoxy groups -OCH3 is 1. The first-order valence-electron chi connectivity index (χ1n) is 13.5. The van der Waals surface area contributed by atoms with Crippen molar-refractivity contribution in [3.8, 4) is 17.0 Å². The molecule has 1 aliphatic carbocycles. The number of rotatable bonds is 5. The summed E-state index contributed by atoms with van der Waals surface area (Å²) < 4.78 is 14.0. The second-order valence-corrected chi connectivity index (χ2v) is 10.3. The standard InChI is InChI=1S/C32H34N2O3/c1-36-32(35)24-16-17-26-28(18-24)34-20-25(33-19-22-10-4-2-5-11-22)21-37-29-15-9-8-14-27(29)31(34)30(26)23-12-6-3-7-13-23/h2,4-5,8-11,14-18,23,25,33H,3,6-7,12-13,19-21H2,1H3/t25-/m1/s1. The van der Waals surface area contributed by atoms with Crippen LogP contribution in [0.2, 0.25) is 0 Å². The van der Waals surface area contributed by atoms with Gasteiger partial charge in [-0.1, -0.05) is 67.8 Å². The number of carbonyl (C=O) groups excluding carboxylic acids is 1. The van der Waals surface area contributed by atoms with Crippen LogP contribution in [0.15, 0.2) is 72.8 Å². The molecule has 1 aromatic heterocycles. The van der Waals surface area contributed by atoms with Gasteiger partial charge >= 0.3 is 5.97 Å². The molecule has 4 aromatic rings. The van der Waals surface area contributed by atoms with Crippen molar-refractivity contribution < 1.29 is 14.3 Å². The molecule has 0 saturated heterocycles. The predicted octanol–water partition coefficient (Wildman–Crippen LogP) is 6.69. The van der Waals surface area contributed by atoms with Gasteiger partial charge in [-0.2, -0.15) is 0 Å². The Bertz CT molecular complexity index is 1400. The highest BCUT2D eigenvalue weighted by Crippen LogP contribution is 2.47. The highest BCUT2D eigenvalue weighted by atomic mass is 16.5. The Morgan fingerprint density at radius 2 is 1.78 bits per heavy atom. The third-order valence-electron chi connectivity index (χ3n) is 7.96. The first-order chi connectivity index (χ1) is 18.2. The topological polar surface area (TPSA) is 52.5 Å². The van der Waals surface area contributed by atoms with Crippen molar-refractivity contribution in [2.45, 2.75) is 57.2 Å². The van der Waals surface area contributed by atoms with Crippen molar-refractivity contribution in [2.75, 3.05) is 13.7 Å². The first kappa shape index (κ1) is 23.8. The monoisotopic (exact) mass is 494 g/mol. The SMILES string of the molecule is COC(=O)c1ccc2c(C3CCCCC3)c3n(c2c1)C[C@@H](NCc1ccccc1)COc1ccccc1-3. The fourth-order valence-corrected chi connectivity index (χ4v) is 6.14. The zero-order valence-electron chi connectivity index (χ0n) is 21.4. The number of carbonyl (C=O) groups is 1. The second kappa shape index (κ2) is 10.4. The van der Waals surface area contributed by atoms with Crippen molar-refractivity contribution in [3.63, 3.8) is 0 Å². The van der Waals surface area contributed by atoms with Crippen LogP contribution < -0.4 is 10.1 Å². The molecule has 2 aliphatic rings. The minimum Gasteiger partial charge on any atom is -0.491 e. The van der Waals surface area contributed by atoms with E-state index in [4.69, 9.17) is 9.47 Å². The van der Waals surface area contributed by atoms with Crippen LogP contribution in [0.25, 0.3) is 22.2 Å². The van der Waals surface area contributed by atoms with Crippen LogP contribution in [0.3, 0.4) is 0 Å². The van der Waals surface area contributed by atoms with E-state index in [1.54, 1.807) is 0 Å². The lowest BCUT2D eigenvalue weighted by Crippen LogP contribution is -2.39. The molecular weight excluding hydrogens is 460 g/mol. The molecule has 1 fully saturated rings. The summed E-state index contributed by atoms with van der Waals surface area (Å²) in [7, 11) is 1.44. The Balaban J connectivity index is 1.52. The van der Waals surface area contributed by atoms with Crippen molar-refractivity contribution in [1.29, 1.82) is 0 Å². The summed E-state index contributed by atoms with van der Waals surface area (Å²) in [6, 6.07) is 25.1. The van der Waals surface area contributed by atoms with Crippen LogP contribution in [0, 0.1) is 0 Å². The quantitative estimate of drug-likeness (QED) is 0.314. The Labute approximate surface area is 218 Å². The number of aromatic nitrogens is 1. The van der Waals surface area contributed by atoms with Crippen LogP contribution in [0.4, 0.5) is 0 Å². The maximum Gasteiger partial charge on any atom is 0.337 e. The Morgan fingerprint density at radius 3 is 2.59 bits per heavy atom. The maximum absolute atomic E-state index is 12.5. The van der Waals surface area contributed by atoms with E-state index in [1.165, 1.54) is 61.4 Å². The molecule has 190 valence electrons. The fourth-order valence-electron chi connectivity index (χ4n) is 6.14. The number of hydrogen-bond donors (Lipinski definition) is 1. The van der Waals surface area contributed by atoms with E-state index < -0.39 is 0 Å². The lowest BCUT2D eigenvalue weighted by Gasteiger charge is -2.28. The average Bonchev–Trinajstić information content (AvgIpc) is 3.26. The average molecular weight is 495 g/mol. The molecule has 5 nitrogen and oxygen atoms in total. The molecule has 5 heteroatoms. The first-order valence-corrected chi connectivity index (χ1v) is 13.5. The van der Waals surface area contributed by atoms with Crippen LogP contribution in [-0.4, -0.2) is 30.3 Å². The number of hydrogen-bond acceptors (Lipinski definition) is 4. The van der Waals surface area contributed by atoms with Crippen molar-refractivity contribution >= 4 is 16.9 Å². The van der Waals surface area contributed by atoms with Crippen LogP contribution in [0.5, 0.6) is 5.75 Å². The van der Waals surface area contributed by atoms with Crippen molar-refractivity contribution in [3.05, 3.63) is 89.5 Å². The van der Waals surface area contributed by atoms with Crippen LogP contribution in [0.1, 0.15) is 59.5 Å². The summed E-state index contributed by atoms with van der Waals surface area (Å²) in [6.45, 7) is 2.09. The van der Waals surface area contributed by atoms with Crippen LogP contribution >= 0.6 is 0 Å². The summed E-state index contributed by atoms with van der Waals surface area (Å²) in [5.74, 6) is 1.12. The summed E-state index contributed by atoms with van der Waals surface area (Å²) in [4.78, 5) is 12.5. The molecule has 0 spiro atoms. The molecule has 1 aliphatic heterocycles. The van der Waals surface area contributed by atoms with E-state index >= 15 is 0 Å². The van der Waals surface area contributed by atoms with Gasteiger partial charge in [-0.15, -0.1) is 0 Å². The zero-order valence-corrected chi connectivity index (χ0v) is 21.4. The molecule has 1 atom stereocenters. The third kappa shape index (κ3) is 4.64. The van der Waals surface area contributed by atoms with E-state index in [0.29, 0.717) is 18.1 Å². The van der Waals surface area contributed by atoms with E-state index in [2.05, 4.69) is 64.5 Å². The molecule has 0 amide bonds. The van der Waals surface area contributed by atoms with E-state index in [1.807, 2.05) is 18.2 Å². The highest BCUT2D eigenvalue weighted by molar-refractivity contribution is 5.99. The molecule has 37 heavy (non-hydrogen) atoms. The summed E-state index contributed by atoms with van der Waals surface area (Å²) in [5.41, 5.74) is 6.72. The van der Waals surface area contributed by atoms with Gasteiger partial charge in [0.15, 0.2) is 0 Å². The molecular formula is C32H34N2O3. The number of nitrogens with one attached hydrogen (secondary N) is 1. The molecule has 0 radical (unpaired) electrons. The summed E-state index contributed by atoms with van der Waals surface area (Å²) in [6.07, 6.45) is 6.22. The number of nitrogens with zero attached hydrogens (tertiary/aromatic N) is 1. The van der Waals surface area contributed by atoms with Crippen molar-refractivity contribution in [2.24, 2.45) is 0 Å². The number of benzene rings is 3. The normalized spacial score (nSPS) is 17.8. The molecule has 6 rings (SSSR count). The Kier molecular flexibility index (Phi) is 6.71. The maximum atomic E-state index is 12.5. The fraction of sp³-hybridized carbons (Fsp3) is 0.344. The van der Waals surface area contributed by atoms with Gasteiger partial charge in [0.2, 0.25) is 0 Å². The largest absolute Gasteiger partial charge is 0.491 e. The molecule has 1 N–H and O–H groups in total. The van der Waals surface area contributed by atoms with Crippen molar-refractivity contribution in [1.82, 2.24) is 9.88 Å². The second-order valence-electron chi connectivity index (χ2n) is 10.3. The van der Waals surface area contributed by atoms with Gasteiger partial charge in [-0.25, -0.2) is 4.79 Å². The number of esters is 1. The van der Waals surface area contributed by atoms with Crippen LogP contribution in [-0.2, 0) is 17.8 Å². The molecule has 0 unspecified atom stereocenters. The number of fused-ring (bicyclic) bond motifs is 5. The zero-order chi connectivity index (χ0) is 25.2. The van der Waals surface area contributed by atoms with Gasteiger partial charge in [-0.3, -0.25) is 0 Å². The highest BCUT2D eigenvalue weighted by Gasteiger charge is 2.30. The molecule has 3 aromatic carbocycles.